The molecule has 6 heteroatoms. The minimum absolute atomic E-state index is 0.0981. The van der Waals surface area contributed by atoms with Gasteiger partial charge in [-0.2, -0.15) is 0 Å². The highest BCUT2D eigenvalue weighted by atomic mass is 31.0. The molecule has 1 unspecified atom stereocenters. The molecule has 0 fully saturated rings. The van der Waals surface area contributed by atoms with E-state index in [0.717, 1.165) is 0 Å². The van der Waals surface area contributed by atoms with Gasteiger partial charge in [-0.1, -0.05) is 0 Å². The molecule has 5 nitrogen and oxygen atoms in total. The second-order valence-electron chi connectivity index (χ2n) is 2.05. The summed E-state index contributed by atoms with van der Waals surface area (Å²) in [6, 6.07) is -0.764. The zero-order valence-corrected chi connectivity index (χ0v) is 7.10. The second-order valence-corrected chi connectivity index (χ2v) is 2.28. The lowest BCUT2D eigenvalue weighted by Crippen LogP contribution is -2.31. The van der Waals surface area contributed by atoms with Crippen molar-refractivity contribution in [1.29, 1.82) is 0 Å². The quantitative estimate of drug-likeness (QED) is 0.535. The van der Waals surface area contributed by atoms with Gasteiger partial charge in [-0.25, -0.2) is 0 Å². The molecular weight excluding hydrogens is 167 g/mol. The normalized spacial score (nSPS) is 12.2. The van der Waals surface area contributed by atoms with Crippen molar-refractivity contribution in [3.05, 3.63) is 0 Å². The summed E-state index contributed by atoms with van der Waals surface area (Å²) in [5.41, 5.74) is 10.1. The average molecular weight is 178 g/mol. The van der Waals surface area contributed by atoms with E-state index in [1.165, 1.54) is 0 Å². The molecule has 0 saturated carbocycles. The summed E-state index contributed by atoms with van der Waals surface area (Å²) in [7, 11) is 1.79. The maximum atomic E-state index is 10.6. The van der Waals surface area contributed by atoms with E-state index >= 15 is 0 Å². The molecule has 4 N–H and O–H groups in total. The van der Waals surface area contributed by atoms with Gasteiger partial charge in [-0.15, -0.1) is 0 Å². The summed E-state index contributed by atoms with van der Waals surface area (Å²) in [4.78, 5) is 20.8. The number of rotatable bonds is 4. The lowest BCUT2D eigenvalue weighted by atomic mass is 10.2. The van der Waals surface area contributed by atoms with Gasteiger partial charge in [0.1, 0.15) is 6.04 Å². The molecule has 0 aromatic carbocycles. The van der Waals surface area contributed by atoms with Crippen LogP contribution >= 0.6 is 9.47 Å². The van der Waals surface area contributed by atoms with Crippen molar-refractivity contribution >= 4 is 21.3 Å². The molecule has 0 radical (unpaired) electrons. The van der Waals surface area contributed by atoms with E-state index in [-0.39, 0.29) is 12.8 Å². The van der Waals surface area contributed by atoms with Crippen molar-refractivity contribution in [3.8, 4) is 0 Å². The second kappa shape index (κ2) is 5.04. The summed E-state index contributed by atoms with van der Waals surface area (Å²) in [5, 5.41) is 0. The van der Waals surface area contributed by atoms with E-state index in [0.29, 0.717) is 0 Å². The van der Waals surface area contributed by atoms with Crippen molar-refractivity contribution in [2.45, 2.75) is 18.9 Å². The number of amides is 1. The Hall–Kier alpha value is -0.670. The van der Waals surface area contributed by atoms with Gasteiger partial charge in [0.2, 0.25) is 5.91 Å². The number of hydrogen-bond donors (Lipinski definition) is 2. The van der Waals surface area contributed by atoms with Crippen molar-refractivity contribution in [3.63, 3.8) is 0 Å². The number of carbonyl (C=O) groups is 2. The summed E-state index contributed by atoms with van der Waals surface area (Å²) in [6.07, 6.45) is 0.323. The third kappa shape index (κ3) is 4.70. The van der Waals surface area contributed by atoms with Gasteiger partial charge >= 0.3 is 5.97 Å². The van der Waals surface area contributed by atoms with Gasteiger partial charge in [-0.05, 0) is 6.42 Å². The third-order valence-corrected chi connectivity index (χ3v) is 1.35. The highest BCUT2D eigenvalue weighted by molar-refractivity contribution is 7.10. The van der Waals surface area contributed by atoms with E-state index in [9.17, 15) is 9.59 Å². The molecule has 0 bridgehead atoms. The Morgan fingerprint density at radius 2 is 2.09 bits per heavy atom. The molecule has 0 aliphatic carbocycles. The van der Waals surface area contributed by atoms with Gasteiger partial charge in [0.15, 0.2) is 0 Å². The first kappa shape index (κ1) is 10.3. The predicted molar refractivity (Wildman–Crippen MR) is 42.2 cm³/mol. The van der Waals surface area contributed by atoms with Crippen molar-refractivity contribution in [2.75, 3.05) is 0 Å². The third-order valence-electron chi connectivity index (χ3n) is 1.12. The monoisotopic (exact) mass is 178 g/mol. The SMILES string of the molecule is NC(=O)CC[C@H](N)C(=O)OP. The zero-order valence-electron chi connectivity index (χ0n) is 5.95. The molecule has 0 aliphatic rings. The van der Waals surface area contributed by atoms with Crippen molar-refractivity contribution < 1.29 is 14.1 Å². The van der Waals surface area contributed by atoms with E-state index in [4.69, 9.17) is 11.5 Å². The molecule has 0 aliphatic heterocycles. The van der Waals surface area contributed by atoms with Gasteiger partial charge < -0.3 is 16.0 Å². The molecule has 2 atom stereocenters. The van der Waals surface area contributed by atoms with E-state index < -0.39 is 17.9 Å². The molecule has 0 spiro atoms. The summed E-state index contributed by atoms with van der Waals surface area (Å²) < 4.78 is 4.24. The zero-order chi connectivity index (χ0) is 8.85. The smallest absolute Gasteiger partial charge is 0.325 e. The highest BCUT2D eigenvalue weighted by Crippen LogP contribution is 1.98. The van der Waals surface area contributed by atoms with Gasteiger partial charge in [0.05, 0.1) is 9.47 Å². The molecule has 0 heterocycles. The number of primary amides is 1. The molecule has 0 saturated heterocycles. The lowest BCUT2D eigenvalue weighted by Gasteiger charge is -2.05. The lowest BCUT2D eigenvalue weighted by molar-refractivity contribution is -0.134. The van der Waals surface area contributed by atoms with Crippen LogP contribution in [0.2, 0.25) is 0 Å². The fourth-order valence-corrected chi connectivity index (χ4v) is 0.678. The molecular formula is C5H11N2O3P. The van der Waals surface area contributed by atoms with Gasteiger partial charge in [0, 0.05) is 6.42 Å². The van der Waals surface area contributed by atoms with Crippen LogP contribution in [0.1, 0.15) is 12.8 Å². The number of carbonyl (C=O) groups excluding carboxylic acids is 2. The van der Waals surface area contributed by atoms with Crippen molar-refractivity contribution in [1.82, 2.24) is 0 Å². The Kier molecular flexibility index (Phi) is 4.74. The fraction of sp³-hybridized carbons (Fsp3) is 0.600. The molecule has 0 rings (SSSR count). The minimum atomic E-state index is -0.764. The summed E-state index contributed by atoms with van der Waals surface area (Å²) in [5.74, 6) is -1.03. The average Bonchev–Trinajstić information content (AvgIpc) is 1.98. The Morgan fingerprint density at radius 1 is 1.55 bits per heavy atom. The van der Waals surface area contributed by atoms with E-state index in [2.05, 4.69) is 4.52 Å². The first-order valence-electron chi connectivity index (χ1n) is 3.02. The minimum Gasteiger partial charge on any atom is -0.450 e. The van der Waals surface area contributed by atoms with Crippen LogP contribution in [0.25, 0.3) is 0 Å². The van der Waals surface area contributed by atoms with Crippen LogP contribution in [0.4, 0.5) is 0 Å². The van der Waals surface area contributed by atoms with E-state index in [1.807, 2.05) is 0 Å². The Balaban J connectivity index is 3.60. The van der Waals surface area contributed by atoms with Crippen LogP contribution in [-0.2, 0) is 14.1 Å². The predicted octanol–water partition coefficient (Wildman–Crippen LogP) is -1.09. The van der Waals surface area contributed by atoms with Gasteiger partial charge in [0.25, 0.3) is 0 Å². The summed E-state index contributed by atoms with van der Waals surface area (Å²) in [6.45, 7) is 0. The molecule has 1 amide bonds. The molecule has 64 valence electrons. The maximum Gasteiger partial charge on any atom is 0.325 e. The largest absolute Gasteiger partial charge is 0.450 e. The van der Waals surface area contributed by atoms with Gasteiger partial charge in [-0.3, -0.25) is 9.59 Å². The Bertz CT molecular complexity index is 162. The standard InChI is InChI=1S/C5H11N2O3P/c6-3(5(9)10-11)1-2-4(7)8/h3H,1-2,6,11H2,(H2,7,8)/t3-/m0/s1. The van der Waals surface area contributed by atoms with Crippen LogP contribution in [0.15, 0.2) is 0 Å². The van der Waals surface area contributed by atoms with Crippen LogP contribution in [0, 0.1) is 0 Å². The van der Waals surface area contributed by atoms with Crippen molar-refractivity contribution in [2.24, 2.45) is 11.5 Å². The van der Waals surface area contributed by atoms with Crippen LogP contribution in [-0.4, -0.2) is 17.9 Å². The first-order valence-corrected chi connectivity index (χ1v) is 3.49. The Morgan fingerprint density at radius 3 is 2.45 bits per heavy atom. The topological polar surface area (TPSA) is 95.4 Å². The van der Waals surface area contributed by atoms with Crippen LogP contribution in [0.3, 0.4) is 0 Å². The fourth-order valence-electron chi connectivity index (χ4n) is 0.503. The van der Waals surface area contributed by atoms with Crippen LogP contribution < -0.4 is 11.5 Å². The maximum absolute atomic E-state index is 10.6. The van der Waals surface area contributed by atoms with E-state index in [1.54, 1.807) is 9.47 Å². The Labute approximate surface area is 66.7 Å². The molecule has 0 aromatic rings. The number of hydrogen-bond acceptors (Lipinski definition) is 4. The first-order chi connectivity index (χ1) is 5.07. The number of nitrogens with two attached hydrogens (primary N) is 2. The molecule has 11 heavy (non-hydrogen) atoms. The van der Waals surface area contributed by atoms with Crippen LogP contribution in [0.5, 0.6) is 0 Å². The summed E-state index contributed by atoms with van der Waals surface area (Å²) >= 11 is 0. The highest BCUT2D eigenvalue weighted by Gasteiger charge is 2.13. The molecule has 0 aromatic heterocycles.